The van der Waals surface area contributed by atoms with E-state index in [0.717, 1.165) is 16.1 Å². The summed E-state index contributed by atoms with van der Waals surface area (Å²) >= 11 is 1.58. The number of aromatic amines is 2. The lowest BCUT2D eigenvalue weighted by Crippen LogP contribution is -1.93. The van der Waals surface area contributed by atoms with Gasteiger partial charge in [0, 0.05) is 24.2 Å². The van der Waals surface area contributed by atoms with Crippen LogP contribution < -0.4 is 0 Å². The van der Waals surface area contributed by atoms with Crippen molar-refractivity contribution in [3.8, 4) is 33.3 Å². The Morgan fingerprint density at radius 2 is 1.83 bits per heavy atom. The standard InChI is InChI=1S/C20H11FN8S/c21-15-14-12(8-25-16(15)10-6-22-9-23-7-10)28-29-19(14)20-26-11-3-4-24-18(17(11)27-20)13-2-1-5-30-13/h1-9H,(H,26,27)(H,28,29). The zero-order chi connectivity index (χ0) is 20.1. The second-order valence-electron chi connectivity index (χ2n) is 6.53. The number of aromatic nitrogens is 8. The molecule has 144 valence electrons. The van der Waals surface area contributed by atoms with Crippen molar-refractivity contribution in [3.63, 3.8) is 0 Å². The summed E-state index contributed by atoms with van der Waals surface area (Å²) < 4.78 is 15.5. The molecule has 30 heavy (non-hydrogen) atoms. The maximum Gasteiger partial charge on any atom is 0.161 e. The zero-order valence-corrected chi connectivity index (χ0v) is 16.0. The van der Waals surface area contributed by atoms with Crippen LogP contribution in [0.4, 0.5) is 4.39 Å². The van der Waals surface area contributed by atoms with Crippen molar-refractivity contribution in [3.05, 3.63) is 60.5 Å². The van der Waals surface area contributed by atoms with Gasteiger partial charge in [0.25, 0.3) is 0 Å². The van der Waals surface area contributed by atoms with Crippen LogP contribution in [-0.2, 0) is 0 Å². The minimum Gasteiger partial charge on any atom is -0.336 e. The lowest BCUT2D eigenvalue weighted by atomic mass is 10.1. The third kappa shape index (κ3) is 2.51. The second-order valence-corrected chi connectivity index (χ2v) is 7.47. The topological polar surface area (TPSA) is 109 Å². The van der Waals surface area contributed by atoms with E-state index in [-0.39, 0.29) is 5.69 Å². The molecule has 0 aliphatic heterocycles. The van der Waals surface area contributed by atoms with Gasteiger partial charge in [0.2, 0.25) is 0 Å². The molecule has 0 amide bonds. The van der Waals surface area contributed by atoms with Crippen molar-refractivity contribution in [2.75, 3.05) is 0 Å². The number of fused-ring (bicyclic) bond motifs is 2. The summed E-state index contributed by atoms with van der Waals surface area (Å²) in [5.74, 6) is -0.0643. The zero-order valence-electron chi connectivity index (χ0n) is 15.2. The van der Waals surface area contributed by atoms with Crippen LogP contribution in [0.3, 0.4) is 0 Å². The fourth-order valence-electron chi connectivity index (χ4n) is 3.41. The number of hydrogen-bond acceptors (Lipinski definition) is 7. The molecule has 0 unspecified atom stereocenters. The van der Waals surface area contributed by atoms with Crippen LogP contribution in [0.1, 0.15) is 0 Å². The first-order chi connectivity index (χ1) is 14.8. The van der Waals surface area contributed by atoms with Gasteiger partial charge < -0.3 is 4.98 Å². The number of nitrogens with one attached hydrogen (secondary N) is 2. The molecule has 0 aliphatic carbocycles. The molecule has 0 saturated heterocycles. The number of hydrogen-bond donors (Lipinski definition) is 2. The van der Waals surface area contributed by atoms with Crippen LogP contribution in [0, 0.1) is 5.82 Å². The van der Waals surface area contributed by atoms with Crippen molar-refractivity contribution in [1.29, 1.82) is 0 Å². The Hall–Kier alpha value is -4.05. The fourth-order valence-corrected chi connectivity index (χ4v) is 4.13. The van der Waals surface area contributed by atoms with Gasteiger partial charge >= 0.3 is 0 Å². The highest BCUT2D eigenvalue weighted by atomic mass is 32.1. The third-order valence-corrected chi connectivity index (χ3v) is 5.63. The summed E-state index contributed by atoms with van der Waals surface area (Å²) in [5.41, 5.74) is 3.76. The van der Waals surface area contributed by atoms with E-state index in [1.807, 2.05) is 23.6 Å². The van der Waals surface area contributed by atoms with Crippen LogP contribution in [0.5, 0.6) is 0 Å². The van der Waals surface area contributed by atoms with Crippen LogP contribution in [0.25, 0.3) is 55.3 Å². The number of halogens is 1. The van der Waals surface area contributed by atoms with Crippen molar-refractivity contribution in [2.45, 2.75) is 0 Å². The molecular weight excluding hydrogens is 403 g/mol. The first-order valence-electron chi connectivity index (χ1n) is 8.96. The van der Waals surface area contributed by atoms with E-state index in [1.54, 1.807) is 23.7 Å². The van der Waals surface area contributed by atoms with Gasteiger partial charge in [0.05, 0.1) is 27.5 Å². The van der Waals surface area contributed by atoms with Gasteiger partial charge in [-0.25, -0.2) is 19.3 Å². The van der Waals surface area contributed by atoms with E-state index in [4.69, 9.17) is 4.98 Å². The number of thiophene rings is 1. The fraction of sp³-hybridized carbons (Fsp3) is 0. The molecular formula is C20H11FN8S. The van der Waals surface area contributed by atoms with E-state index < -0.39 is 5.82 Å². The number of H-pyrrole nitrogens is 2. The number of pyridine rings is 2. The van der Waals surface area contributed by atoms with Gasteiger partial charge in [-0.1, -0.05) is 6.07 Å². The van der Waals surface area contributed by atoms with Crippen LogP contribution in [-0.4, -0.2) is 40.1 Å². The van der Waals surface area contributed by atoms with Crippen LogP contribution >= 0.6 is 11.3 Å². The Morgan fingerprint density at radius 1 is 0.933 bits per heavy atom. The number of imidazole rings is 1. The largest absolute Gasteiger partial charge is 0.336 e. The molecule has 10 heteroatoms. The molecule has 0 aliphatic rings. The summed E-state index contributed by atoms with van der Waals surface area (Å²) in [4.78, 5) is 25.5. The monoisotopic (exact) mass is 414 g/mol. The Morgan fingerprint density at radius 3 is 2.67 bits per heavy atom. The first-order valence-corrected chi connectivity index (χ1v) is 9.84. The molecule has 0 saturated carbocycles. The second kappa shape index (κ2) is 6.49. The summed E-state index contributed by atoms with van der Waals surface area (Å²) in [6, 6.07) is 5.79. The van der Waals surface area contributed by atoms with E-state index in [0.29, 0.717) is 33.5 Å². The molecule has 0 spiro atoms. The van der Waals surface area contributed by atoms with Crippen molar-refractivity contribution >= 4 is 33.3 Å². The van der Waals surface area contributed by atoms with Crippen molar-refractivity contribution in [2.24, 2.45) is 0 Å². The first kappa shape index (κ1) is 16.9. The van der Waals surface area contributed by atoms with Gasteiger partial charge in [-0.15, -0.1) is 11.3 Å². The molecule has 8 nitrogen and oxygen atoms in total. The van der Waals surface area contributed by atoms with Gasteiger partial charge in [0.1, 0.15) is 28.9 Å². The summed E-state index contributed by atoms with van der Waals surface area (Å²) in [5, 5.41) is 9.42. The Bertz CT molecular complexity index is 1500. The van der Waals surface area contributed by atoms with Gasteiger partial charge in [-0.3, -0.25) is 15.1 Å². The van der Waals surface area contributed by atoms with E-state index >= 15 is 4.39 Å². The van der Waals surface area contributed by atoms with Gasteiger partial charge in [0.15, 0.2) is 11.6 Å². The quantitative estimate of drug-likeness (QED) is 0.449. The molecule has 6 aromatic heterocycles. The minimum atomic E-state index is -0.511. The maximum absolute atomic E-state index is 15.5. The van der Waals surface area contributed by atoms with E-state index in [1.165, 1.54) is 18.7 Å². The Labute approximate surface area is 171 Å². The van der Waals surface area contributed by atoms with E-state index in [9.17, 15) is 0 Å². The third-order valence-electron chi connectivity index (χ3n) is 4.76. The van der Waals surface area contributed by atoms with Crippen LogP contribution in [0.2, 0.25) is 0 Å². The lowest BCUT2D eigenvalue weighted by molar-refractivity contribution is 0.638. The van der Waals surface area contributed by atoms with Crippen molar-refractivity contribution in [1.82, 2.24) is 40.1 Å². The average molecular weight is 414 g/mol. The SMILES string of the molecule is Fc1c(-c2cncnc2)ncc2[nH]nc(-c3nc4c(-c5cccs5)nccc4[nH]3)c12. The molecule has 0 aromatic carbocycles. The smallest absolute Gasteiger partial charge is 0.161 e. The molecule has 6 heterocycles. The maximum atomic E-state index is 15.5. The predicted molar refractivity (Wildman–Crippen MR) is 111 cm³/mol. The highest BCUT2D eigenvalue weighted by Crippen LogP contribution is 2.34. The van der Waals surface area contributed by atoms with Crippen molar-refractivity contribution < 1.29 is 4.39 Å². The Balaban J connectivity index is 1.57. The molecule has 0 bridgehead atoms. The normalized spacial score (nSPS) is 11.5. The molecule has 0 atom stereocenters. The molecule has 0 fully saturated rings. The number of rotatable bonds is 3. The summed E-state index contributed by atoms with van der Waals surface area (Å²) in [7, 11) is 0. The summed E-state index contributed by atoms with van der Waals surface area (Å²) in [6.07, 6.45) is 7.68. The highest BCUT2D eigenvalue weighted by Gasteiger charge is 2.21. The Kier molecular flexibility index (Phi) is 3.65. The average Bonchev–Trinajstić information content (AvgIpc) is 3.53. The van der Waals surface area contributed by atoms with Gasteiger partial charge in [-0.2, -0.15) is 5.10 Å². The molecule has 6 aromatic rings. The van der Waals surface area contributed by atoms with Gasteiger partial charge in [-0.05, 0) is 17.5 Å². The molecule has 2 N–H and O–H groups in total. The van der Waals surface area contributed by atoms with Crippen LogP contribution in [0.15, 0.2) is 54.7 Å². The highest BCUT2D eigenvalue weighted by molar-refractivity contribution is 7.13. The predicted octanol–water partition coefficient (Wildman–Crippen LogP) is 4.22. The lowest BCUT2D eigenvalue weighted by Gasteiger charge is -2.03. The molecule has 6 rings (SSSR count). The number of nitrogens with zero attached hydrogens (tertiary/aromatic N) is 6. The molecule has 0 radical (unpaired) electrons. The minimum absolute atomic E-state index is 0.155. The van der Waals surface area contributed by atoms with E-state index in [2.05, 4.69) is 35.1 Å². The summed E-state index contributed by atoms with van der Waals surface area (Å²) in [6.45, 7) is 0.